The molecule has 0 spiro atoms. The normalized spacial score (nSPS) is 11.9. The SMILES string of the molecule is CCC(Nc1ccc(C(=O)O)c([N+](=O)[O-])c1)c1cccs1. The third-order valence-corrected chi connectivity index (χ3v) is 4.05. The fraction of sp³-hybridized carbons (Fsp3) is 0.214. The molecule has 0 radical (unpaired) electrons. The number of anilines is 1. The molecular weight excluding hydrogens is 292 g/mol. The summed E-state index contributed by atoms with van der Waals surface area (Å²) in [6.45, 7) is 2.01. The van der Waals surface area contributed by atoms with Crippen molar-refractivity contribution < 1.29 is 14.8 Å². The molecule has 0 amide bonds. The van der Waals surface area contributed by atoms with E-state index in [4.69, 9.17) is 5.11 Å². The molecule has 0 aliphatic carbocycles. The molecule has 1 unspecified atom stereocenters. The van der Waals surface area contributed by atoms with Crippen LogP contribution in [0.2, 0.25) is 0 Å². The average molecular weight is 306 g/mol. The van der Waals surface area contributed by atoms with Gasteiger partial charge in [0.2, 0.25) is 0 Å². The number of rotatable bonds is 6. The zero-order chi connectivity index (χ0) is 15.4. The highest BCUT2D eigenvalue weighted by Gasteiger charge is 2.21. The van der Waals surface area contributed by atoms with Gasteiger partial charge in [0.25, 0.3) is 5.69 Å². The van der Waals surface area contributed by atoms with Gasteiger partial charge in [-0.25, -0.2) is 4.79 Å². The third-order valence-electron chi connectivity index (χ3n) is 3.06. The lowest BCUT2D eigenvalue weighted by Gasteiger charge is -2.17. The van der Waals surface area contributed by atoms with Gasteiger partial charge in [0.05, 0.1) is 11.0 Å². The van der Waals surface area contributed by atoms with Gasteiger partial charge < -0.3 is 10.4 Å². The molecule has 0 saturated heterocycles. The topological polar surface area (TPSA) is 92.5 Å². The number of nitrogens with zero attached hydrogens (tertiary/aromatic N) is 1. The van der Waals surface area contributed by atoms with E-state index >= 15 is 0 Å². The zero-order valence-electron chi connectivity index (χ0n) is 11.3. The Balaban J connectivity index is 2.30. The van der Waals surface area contributed by atoms with E-state index in [0.29, 0.717) is 5.69 Å². The van der Waals surface area contributed by atoms with Gasteiger partial charge in [0.1, 0.15) is 5.56 Å². The zero-order valence-corrected chi connectivity index (χ0v) is 12.1. The minimum absolute atomic E-state index is 0.0419. The first-order valence-electron chi connectivity index (χ1n) is 6.34. The van der Waals surface area contributed by atoms with E-state index < -0.39 is 16.6 Å². The fourth-order valence-corrected chi connectivity index (χ4v) is 2.88. The predicted octanol–water partition coefficient (Wildman–Crippen LogP) is 3.92. The highest BCUT2D eigenvalue weighted by Crippen LogP contribution is 2.29. The number of nitrogens with one attached hydrogen (secondary N) is 1. The molecule has 1 atom stereocenters. The lowest BCUT2D eigenvalue weighted by atomic mass is 10.1. The van der Waals surface area contributed by atoms with Gasteiger partial charge in [-0.3, -0.25) is 10.1 Å². The second-order valence-electron chi connectivity index (χ2n) is 4.41. The summed E-state index contributed by atoms with van der Waals surface area (Å²) < 4.78 is 0. The number of nitro benzene ring substituents is 1. The van der Waals surface area contributed by atoms with Gasteiger partial charge in [-0.1, -0.05) is 13.0 Å². The van der Waals surface area contributed by atoms with Crippen molar-refractivity contribution in [2.45, 2.75) is 19.4 Å². The number of carboxylic acids is 1. The highest BCUT2D eigenvalue weighted by molar-refractivity contribution is 7.10. The van der Waals surface area contributed by atoms with Crippen molar-refractivity contribution in [3.05, 3.63) is 56.3 Å². The Bertz CT molecular complexity index is 655. The molecule has 1 aromatic carbocycles. The average Bonchev–Trinajstić information content (AvgIpc) is 2.98. The molecule has 110 valence electrons. The molecule has 0 aliphatic heterocycles. The standard InChI is InChI=1S/C14H14N2O4S/c1-2-11(13-4-3-7-21-13)15-9-5-6-10(14(17)18)12(8-9)16(19)20/h3-8,11,15H,2H2,1H3,(H,17,18). The van der Waals surface area contributed by atoms with Crippen LogP contribution >= 0.6 is 11.3 Å². The summed E-state index contributed by atoms with van der Waals surface area (Å²) >= 11 is 1.60. The molecule has 1 aromatic heterocycles. The molecular formula is C14H14N2O4S. The van der Waals surface area contributed by atoms with Gasteiger partial charge in [-0.05, 0) is 30.0 Å². The minimum Gasteiger partial charge on any atom is -0.477 e. The Hall–Kier alpha value is -2.41. The number of benzene rings is 1. The summed E-state index contributed by atoms with van der Waals surface area (Å²) in [5, 5.41) is 25.1. The van der Waals surface area contributed by atoms with E-state index in [-0.39, 0.29) is 11.6 Å². The molecule has 2 N–H and O–H groups in total. The molecule has 1 heterocycles. The monoisotopic (exact) mass is 306 g/mol. The molecule has 21 heavy (non-hydrogen) atoms. The number of thiophene rings is 1. The lowest BCUT2D eigenvalue weighted by Crippen LogP contribution is -2.09. The van der Waals surface area contributed by atoms with Crippen molar-refractivity contribution in [3.63, 3.8) is 0 Å². The van der Waals surface area contributed by atoms with Crippen LogP contribution in [0.1, 0.15) is 34.6 Å². The van der Waals surface area contributed by atoms with Crippen molar-refractivity contribution >= 4 is 28.7 Å². The molecule has 6 nitrogen and oxygen atoms in total. The maximum absolute atomic E-state index is 11.0. The second-order valence-corrected chi connectivity index (χ2v) is 5.39. The number of carbonyl (C=O) groups is 1. The summed E-state index contributed by atoms with van der Waals surface area (Å²) in [6, 6.07) is 8.04. The predicted molar refractivity (Wildman–Crippen MR) is 81.0 cm³/mol. The second kappa shape index (κ2) is 6.36. The number of carboxylic acid groups (broad SMARTS) is 1. The summed E-state index contributed by atoms with van der Waals surface area (Å²) in [5.41, 5.74) is -0.185. The van der Waals surface area contributed by atoms with Crippen molar-refractivity contribution in [2.24, 2.45) is 0 Å². The van der Waals surface area contributed by atoms with Gasteiger partial charge in [0, 0.05) is 16.6 Å². The van der Waals surface area contributed by atoms with E-state index in [1.807, 2.05) is 24.4 Å². The van der Waals surface area contributed by atoms with Crippen molar-refractivity contribution in [3.8, 4) is 0 Å². The molecule has 0 fully saturated rings. The quantitative estimate of drug-likeness (QED) is 0.623. The maximum atomic E-state index is 11.0. The van der Waals surface area contributed by atoms with E-state index in [1.54, 1.807) is 17.4 Å². The molecule has 0 saturated carbocycles. The maximum Gasteiger partial charge on any atom is 0.342 e. The molecule has 0 aliphatic rings. The first-order chi connectivity index (χ1) is 10.0. The Morgan fingerprint density at radius 3 is 2.76 bits per heavy atom. The summed E-state index contributed by atoms with van der Waals surface area (Å²) in [6.07, 6.45) is 0.814. The van der Waals surface area contributed by atoms with Crippen LogP contribution < -0.4 is 5.32 Å². The molecule has 7 heteroatoms. The summed E-state index contributed by atoms with van der Waals surface area (Å²) in [7, 11) is 0. The molecule has 0 bridgehead atoms. The summed E-state index contributed by atoms with van der Waals surface area (Å²) in [5.74, 6) is -1.31. The molecule has 2 rings (SSSR count). The number of nitro groups is 1. The van der Waals surface area contributed by atoms with Gasteiger partial charge >= 0.3 is 5.97 Å². The van der Waals surface area contributed by atoms with Crippen molar-refractivity contribution in [2.75, 3.05) is 5.32 Å². The van der Waals surface area contributed by atoms with Crippen molar-refractivity contribution in [1.29, 1.82) is 0 Å². The van der Waals surface area contributed by atoms with Crippen molar-refractivity contribution in [1.82, 2.24) is 0 Å². The van der Waals surface area contributed by atoms with E-state index in [2.05, 4.69) is 5.32 Å². The van der Waals surface area contributed by atoms with Crippen LogP contribution in [0.25, 0.3) is 0 Å². The fourth-order valence-electron chi connectivity index (χ4n) is 2.02. The number of hydrogen-bond acceptors (Lipinski definition) is 5. The van der Waals surface area contributed by atoms with Crippen LogP contribution in [0, 0.1) is 10.1 Å². The van der Waals surface area contributed by atoms with E-state index in [0.717, 1.165) is 11.3 Å². The Morgan fingerprint density at radius 2 is 2.24 bits per heavy atom. The van der Waals surface area contributed by atoms with Crippen LogP contribution in [0.3, 0.4) is 0 Å². The Kier molecular flexibility index (Phi) is 4.54. The molecule has 2 aromatic rings. The smallest absolute Gasteiger partial charge is 0.342 e. The van der Waals surface area contributed by atoms with E-state index in [1.165, 1.54) is 12.1 Å². The summed E-state index contributed by atoms with van der Waals surface area (Å²) in [4.78, 5) is 22.4. The first-order valence-corrected chi connectivity index (χ1v) is 7.22. The highest BCUT2D eigenvalue weighted by atomic mass is 32.1. The van der Waals surface area contributed by atoms with Gasteiger partial charge in [-0.15, -0.1) is 11.3 Å². The van der Waals surface area contributed by atoms with E-state index in [9.17, 15) is 14.9 Å². The Morgan fingerprint density at radius 1 is 1.48 bits per heavy atom. The van der Waals surface area contributed by atoms with Crippen LogP contribution in [-0.2, 0) is 0 Å². The Labute approximate surface area is 125 Å². The van der Waals surface area contributed by atoms with Crippen LogP contribution in [-0.4, -0.2) is 16.0 Å². The minimum atomic E-state index is -1.31. The van der Waals surface area contributed by atoms with Crippen LogP contribution in [0.4, 0.5) is 11.4 Å². The van der Waals surface area contributed by atoms with Gasteiger partial charge in [-0.2, -0.15) is 0 Å². The number of hydrogen-bond donors (Lipinski definition) is 2. The largest absolute Gasteiger partial charge is 0.477 e. The lowest BCUT2D eigenvalue weighted by molar-refractivity contribution is -0.385. The van der Waals surface area contributed by atoms with Gasteiger partial charge in [0.15, 0.2) is 0 Å². The van der Waals surface area contributed by atoms with Crippen LogP contribution in [0.15, 0.2) is 35.7 Å². The third kappa shape index (κ3) is 3.38. The number of aromatic carboxylic acids is 1. The van der Waals surface area contributed by atoms with Crippen LogP contribution in [0.5, 0.6) is 0 Å². The first kappa shape index (κ1) is 15.0.